The Kier molecular flexibility index (Phi) is 3.72. The molecule has 0 aromatic heterocycles. The van der Waals surface area contributed by atoms with E-state index in [0.717, 1.165) is 0 Å². The summed E-state index contributed by atoms with van der Waals surface area (Å²) in [6, 6.07) is 4.12. The van der Waals surface area contributed by atoms with Gasteiger partial charge in [-0.05, 0) is 22.0 Å². The second-order valence-corrected chi connectivity index (χ2v) is 5.09. The highest BCUT2D eigenvalue weighted by Gasteiger charge is 2.43. The molecular weight excluding hydrogens is 320 g/mol. The minimum atomic E-state index is -1.18. The highest BCUT2D eigenvalue weighted by Crippen LogP contribution is 2.32. The van der Waals surface area contributed by atoms with Crippen LogP contribution < -0.4 is 5.32 Å². The predicted molar refractivity (Wildman–Crippen MR) is 70.2 cm³/mol. The molecule has 2 rings (SSSR count). The summed E-state index contributed by atoms with van der Waals surface area (Å²) in [6.07, 6.45) is 0.339. The molecule has 1 aromatic rings. The van der Waals surface area contributed by atoms with Gasteiger partial charge in [0, 0.05) is 35.3 Å². The topological polar surface area (TPSA) is 102 Å². The second-order valence-electron chi connectivity index (χ2n) is 4.24. The van der Waals surface area contributed by atoms with Gasteiger partial charge in [-0.1, -0.05) is 0 Å². The number of halogens is 1. The summed E-state index contributed by atoms with van der Waals surface area (Å²) < 4.78 is 5.57. The van der Waals surface area contributed by atoms with Gasteiger partial charge in [0.2, 0.25) is 0 Å². The molecule has 7 nitrogen and oxygen atoms in total. The van der Waals surface area contributed by atoms with Gasteiger partial charge in [0.15, 0.2) is 5.54 Å². The quantitative estimate of drug-likeness (QED) is 0.646. The number of hydrogen-bond donors (Lipinski definition) is 2. The summed E-state index contributed by atoms with van der Waals surface area (Å²) in [4.78, 5) is 21.5. The summed E-state index contributed by atoms with van der Waals surface area (Å²) in [5.74, 6) is -1.00. The minimum absolute atomic E-state index is 0.0613. The number of carbonyl (C=O) groups is 1. The summed E-state index contributed by atoms with van der Waals surface area (Å²) in [5.41, 5.74) is -0.762. The third-order valence-electron chi connectivity index (χ3n) is 2.97. The molecule has 0 amide bonds. The molecule has 1 aliphatic heterocycles. The maximum absolute atomic E-state index is 11.3. The molecule has 0 aliphatic carbocycles. The number of nitro benzene ring substituents is 1. The van der Waals surface area contributed by atoms with E-state index in [1.165, 1.54) is 18.2 Å². The van der Waals surface area contributed by atoms with Crippen LogP contribution in [0.15, 0.2) is 22.7 Å². The number of nitro groups is 1. The molecule has 1 aromatic carbocycles. The highest BCUT2D eigenvalue weighted by atomic mass is 79.9. The molecule has 0 saturated carbocycles. The molecule has 0 spiro atoms. The largest absolute Gasteiger partial charge is 0.479 e. The van der Waals surface area contributed by atoms with E-state index in [0.29, 0.717) is 23.2 Å². The van der Waals surface area contributed by atoms with Crippen LogP contribution in [0, 0.1) is 10.1 Å². The van der Waals surface area contributed by atoms with Gasteiger partial charge >= 0.3 is 5.97 Å². The fourth-order valence-corrected chi connectivity index (χ4v) is 2.33. The van der Waals surface area contributed by atoms with Crippen LogP contribution in [-0.4, -0.2) is 34.8 Å². The number of aliphatic carboxylic acids is 1. The first-order chi connectivity index (χ1) is 8.94. The first-order valence-electron chi connectivity index (χ1n) is 5.48. The Morgan fingerprint density at radius 3 is 2.79 bits per heavy atom. The maximum atomic E-state index is 11.3. The van der Waals surface area contributed by atoms with Crippen molar-refractivity contribution >= 4 is 33.3 Å². The van der Waals surface area contributed by atoms with Gasteiger partial charge < -0.3 is 15.2 Å². The lowest BCUT2D eigenvalue weighted by molar-refractivity contribution is -0.384. The molecule has 19 heavy (non-hydrogen) atoms. The normalized spacial score (nSPS) is 22.2. The van der Waals surface area contributed by atoms with Gasteiger partial charge in [0.1, 0.15) is 0 Å². The minimum Gasteiger partial charge on any atom is -0.479 e. The van der Waals surface area contributed by atoms with Gasteiger partial charge in [-0.15, -0.1) is 0 Å². The maximum Gasteiger partial charge on any atom is 0.331 e. The number of nitrogens with zero attached hydrogens (tertiary/aromatic N) is 1. The fraction of sp³-hybridized carbons (Fsp3) is 0.364. The number of carboxylic acid groups (broad SMARTS) is 1. The zero-order valence-corrected chi connectivity index (χ0v) is 11.3. The van der Waals surface area contributed by atoms with E-state index in [1.54, 1.807) is 0 Å². The Bertz CT molecular complexity index is 528. The van der Waals surface area contributed by atoms with Crippen LogP contribution in [0.25, 0.3) is 0 Å². The van der Waals surface area contributed by atoms with Crippen molar-refractivity contribution in [3.05, 3.63) is 32.8 Å². The van der Waals surface area contributed by atoms with E-state index in [-0.39, 0.29) is 12.3 Å². The molecular formula is C11H11BrN2O5. The Morgan fingerprint density at radius 2 is 2.32 bits per heavy atom. The average Bonchev–Trinajstić information content (AvgIpc) is 2.81. The Morgan fingerprint density at radius 1 is 1.58 bits per heavy atom. The molecule has 1 saturated heterocycles. The van der Waals surface area contributed by atoms with Crippen LogP contribution in [0.4, 0.5) is 11.4 Å². The van der Waals surface area contributed by atoms with Gasteiger partial charge in [0.25, 0.3) is 5.69 Å². The monoisotopic (exact) mass is 330 g/mol. The summed E-state index contributed by atoms with van der Waals surface area (Å²) >= 11 is 3.20. The van der Waals surface area contributed by atoms with Crippen molar-refractivity contribution in [1.82, 2.24) is 0 Å². The van der Waals surface area contributed by atoms with Crippen LogP contribution in [0.3, 0.4) is 0 Å². The van der Waals surface area contributed by atoms with E-state index in [4.69, 9.17) is 4.74 Å². The molecule has 1 unspecified atom stereocenters. The van der Waals surface area contributed by atoms with Gasteiger partial charge in [-0.2, -0.15) is 0 Å². The smallest absolute Gasteiger partial charge is 0.331 e. The molecule has 1 aliphatic rings. The lowest BCUT2D eigenvalue weighted by Gasteiger charge is -2.25. The Hall–Kier alpha value is -1.67. The van der Waals surface area contributed by atoms with Crippen molar-refractivity contribution in [2.24, 2.45) is 0 Å². The molecule has 1 atom stereocenters. The van der Waals surface area contributed by atoms with Gasteiger partial charge in [-0.25, -0.2) is 4.79 Å². The SMILES string of the molecule is O=C(O)C1(Nc2ccc([N+](=O)[O-])cc2Br)CCOC1. The zero-order valence-electron chi connectivity index (χ0n) is 9.76. The summed E-state index contributed by atoms with van der Waals surface area (Å²) in [7, 11) is 0. The number of ether oxygens (including phenoxy) is 1. The first-order valence-corrected chi connectivity index (χ1v) is 6.27. The van der Waals surface area contributed by atoms with E-state index in [2.05, 4.69) is 21.2 Å². The van der Waals surface area contributed by atoms with Crippen molar-refractivity contribution in [1.29, 1.82) is 0 Å². The van der Waals surface area contributed by atoms with Crippen molar-refractivity contribution in [2.75, 3.05) is 18.5 Å². The van der Waals surface area contributed by atoms with Crippen LogP contribution in [0.1, 0.15) is 6.42 Å². The number of non-ortho nitro benzene ring substituents is 1. The molecule has 0 radical (unpaired) electrons. The Labute approximate surface area is 116 Å². The third kappa shape index (κ3) is 2.69. The number of carboxylic acids is 1. The number of rotatable bonds is 4. The van der Waals surface area contributed by atoms with Gasteiger partial charge in [-0.3, -0.25) is 10.1 Å². The van der Waals surface area contributed by atoms with Crippen LogP contribution in [0.5, 0.6) is 0 Å². The molecule has 8 heteroatoms. The van der Waals surface area contributed by atoms with E-state index in [1.807, 2.05) is 0 Å². The number of anilines is 1. The van der Waals surface area contributed by atoms with E-state index in [9.17, 15) is 20.0 Å². The van der Waals surface area contributed by atoms with Crippen LogP contribution in [-0.2, 0) is 9.53 Å². The van der Waals surface area contributed by atoms with Crippen molar-refractivity contribution in [2.45, 2.75) is 12.0 Å². The summed E-state index contributed by atoms with van der Waals surface area (Å²) in [6.45, 7) is 0.426. The second kappa shape index (κ2) is 5.14. The van der Waals surface area contributed by atoms with Crippen molar-refractivity contribution in [3.63, 3.8) is 0 Å². The van der Waals surface area contributed by atoms with Gasteiger partial charge in [0.05, 0.1) is 11.5 Å². The molecule has 1 fully saturated rings. The lowest BCUT2D eigenvalue weighted by atomic mass is 9.98. The number of benzene rings is 1. The Balaban J connectivity index is 2.28. The van der Waals surface area contributed by atoms with Crippen molar-refractivity contribution in [3.8, 4) is 0 Å². The van der Waals surface area contributed by atoms with Crippen LogP contribution in [0.2, 0.25) is 0 Å². The zero-order chi connectivity index (χ0) is 14.0. The van der Waals surface area contributed by atoms with Crippen molar-refractivity contribution < 1.29 is 19.6 Å². The third-order valence-corrected chi connectivity index (χ3v) is 3.62. The molecule has 1 heterocycles. The summed E-state index contributed by atoms with van der Waals surface area (Å²) in [5, 5.41) is 22.8. The van der Waals surface area contributed by atoms with Crippen LogP contribution >= 0.6 is 15.9 Å². The molecule has 102 valence electrons. The first kappa shape index (κ1) is 13.8. The predicted octanol–water partition coefficient (Wildman–Crippen LogP) is 2.01. The highest BCUT2D eigenvalue weighted by molar-refractivity contribution is 9.10. The molecule has 0 bridgehead atoms. The average molecular weight is 331 g/mol. The standard InChI is InChI=1S/C11H11BrN2O5/c12-8-5-7(14(17)18)1-2-9(8)13-11(10(15)16)3-4-19-6-11/h1-2,5,13H,3-4,6H2,(H,15,16). The molecule has 2 N–H and O–H groups in total. The van der Waals surface area contributed by atoms with E-state index < -0.39 is 16.4 Å². The lowest BCUT2D eigenvalue weighted by Crippen LogP contribution is -2.47. The number of nitrogens with one attached hydrogen (secondary N) is 1. The number of hydrogen-bond acceptors (Lipinski definition) is 5. The van der Waals surface area contributed by atoms with E-state index >= 15 is 0 Å². The fourth-order valence-electron chi connectivity index (χ4n) is 1.86.